The third kappa shape index (κ3) is 4.95. The van der Waals surface area contributed by atoms with Crippen LogP contribution in [0.4, 0.5) is 0 Å². The van der Waals surface area contributed by atoms with Gasteiger partial charge in [-0.1, -0.05) is 31.2 Å². The van der Waals surface area contributed by atoms with Crippen molar-refractivity contribution in [3.63, 3.8) is 0 Å². The van der Waals surface area contributed by atoms with Crippen LogP contribution in [0.15, 0.2) is 48.5 Å². The number of benzene rings is 2. The first-order chi connectivity index (χ1) is 11.5. The minimum absolute atomic E-state index is 0.00205. The number of amides is 1. The molecule has 2 aromatic rings. The summed E-state index contributed by atoms with van der Waals surface area (Å²) in [5.41, 5.74) is 2.96. The smallest absolute Gasteiger partial charge is 0.258 e. The zero-order valence-electron chi connectivity index (χ0n) is 14.3. The van der Waals surface area contributed by atoms with Gasteiger partial charge in [-0.3, -0.25) is 9.59 Å². The van der Waals surface area contributed by atoms with Crippen molar-refractivity contribution in [2.45, 2.75) is 33.2 Å². The predicted octanol–water partition coefficient (Wildman–Crippen LogP) is 3.71. The van der Waals surface area contributed by atoms with E-state index >= 15 is 0 Å². The van der Waals surface area contributed by atoms with E-state index < -0.39 is 0 Å². The topological polar surface area (TPSA) is 55.4 Å². The molecular formula is C20H23NO3. The summed E-state index contributed by atoms with van der Waals surface area (Å²) < 4.78 is 5.45. The van der Waals surface area contributed by atoms with Gasteiger partial charge >= 0.3 is 0 Å². The first-order valence-electron chi connectivity index (χ1n) is 8.11. The van der Waals surface area contributed by atoms with Crippen LogP contribution in [-0.4, -0.2) is 18.3 Å². The van der Waals surface area contributed by atoms with Crippen molar-refractivity contribution < 1.29 is 14.3 Å². The highest BCUT2D eigenvalue weighted by Gasteiger charge is 2.10. The van der Waals surface area contributed by atoms with Gasteiger partial charge in [-0.25, -0.2) is 0 Å². The molecule has 1 unspecified atom stereocenters. The zero-order chi connectivity index (χ0) is 17.5. The van der Waals surface area contributed by atoms with Crippen molar-refractivity contribution in [2.24, 2.45) is 0 Å². The van der Waals surface area contributed by atoms with Crippen LogP contribution in [0.25, 0.3) is 0 Å². The number of carbonyl (C=O) groups excluding carboxylic acids is 2. The molecule has 1 atom stereocenters. The monoisotopic (exact) mass is 325 g/mol. The number of Topliss-reactive ketones (excluding diaryl/α,β-unsaturated/α-hetero) is 1. The highest BCUT2D eigenvalue weighted by atomic mass is 16.5. The Morgan fingerprint density at radius 3 is 2.21 bits per heavy atom. The third-order valence-electron chi connectivity index (χ3n) is 3.90. The van der Waals surface area contributed by atoms with Gasteiger partial charge in [-0.2, -0.15) is 0 Å². The number of hydrogen-bond acceptors (Lipinski definition) is 3. The first kappa shape index (κ1) is 17.7. The molecule has 0 bridgehead atoms. The molecule has 0 saturated carbocycles. The number of hydrogen-bond donors (Lipinski definition) is 1. The molecule has 4 nitrogen and oxygen atoms in total. The molecule has 0 aliphatic heterocycles. The van der Waals surface area contributed by atoms with Crippen LogP contribution in [0.3, 0.4) is 0 Å². The second-order valence-electron chi connectivity index (χ2n) is 5.75. The molecule has 0 heterocycles. The van der Waals surface area contributed by atoms with E-state index in [1.54, 1.807) is 24.3 Å². The lowest BCUT2D eigenvalue weighted by Gasteiger charge is -2.15. The summed E-state index contributed by atoms with van der Waals surface area (Å²) in [7, 11) is 0. The Morgan fingerprint density at radius 1 is 1.04 bits per heavy atom. The second kappa shape index (κ2) is 8.29. The fourth-order valence-electron chi connectivity index (χ4n) is 2.34. The summed E-state index contributed by atoms with van der Waals surface area (Å²) >= 11 is 0. The molecule has 24 heavy (non-hydrogen) atoms. The average Bonchev–Trinajstić information content (AvgIpc) is 2.60. The summed E-state index contributed by atoms with van der Waals surface area (Å²) in [5, 5.41) is 2.92. The van der Waals surface area contributed by atoms with Gasteiger partial charge in [0.05, 0.1) is 6.04 Å². The molecule has 0 aromatic heterocycles. The maximum Gasteiger partial charge on any atom is 0.258 e. The lowest BCUT2D eigenvalue weighted by molar-refractivity contribution is -0.123. The van der Waals surface area contributed by atoms with Crippen LogP contribution in [0.1, 0.15) is 48.3 Å². The van der Waals surface area contributed by atoms with Crippen molar-refractivity contribution >= 4 is 11.7 Å². The van der Waals surface area contributed by atoms with Crippen LogP contribution in [0.5, 0.6) is 5.75 Å². The molecule has 1 amide bonds. The third-order valence-corrected chi connectivity index (χ3v) is 3.90. The van der Waals surface area contributed by atoms with E-state index in [4.69, 9.17) is 4.74 Å². The molecule has 0 saturated heterocycles. The fraction of sp³-hybridized carbons (Fsp3) is 0.300. The van der Waals surface area contributed by atoms with E-state index in [2.05, 4.69) is 24.4 Å². The fourth-order valence-corrected chi connectivity index (χ4v) is 2.34. The van der Waals surface area contributed by atoms with Gasteiger partial charge in [0.15, 0.2) is 12.4 Å². The molecule has 1 N–H and O–H groups in total. The van der Waals surface area contributed by atoms with E-state index in [0.717, 1.165) is 12.0 Å². The van der Waals surface area contributed by atoms with Gasteiger partial charge in [-0.15, -0.1) is 0 Å². The minimum atomic E-state index is -0.183. The van der Waals surface area contributed by atoms with Gasteiger partial charge in [0.2, 0.25) is 0 Å². The normalized spacial score (nSPS) is 11.6. The quantitative estimate of drug-likeness (QED) is 0.790. The molecular weight excluding hydrogens is 302 g/mol. The number of ether oxygens (including phenoxy) is 1. The number of rotatable bonds is 7. The van der Waals surface area contributed by atoms with Gasteiger partial charge in [-0.05, 0) is 55.7 Å². The van der Waals surface area contributed by atoms with Crippen molar-refractivity contribution in [3.05, 3.63) is 65.2 Å². The van der Waals surface area contributed by atoms with Crippen LogP contribution in [-0.2, 0) is 11.2 Å². The van der Waals surface area contributed by atoms with Crippen molar-refractivity contribution in [2.75, 3.05) is 6.61 Å². The number of aryl methyl sites for hydroxylation is 1. The van der Waals surface area contributed by atoms with Crippen molar-refractivity contribution in [3.8, 4) is 5.75 Å². The highest BCUT2D eigenvalue weighted by Crippen LogP contribution is 2.15. The van der Waals surface area contributed by atoms with E-state index in [1.165, 1.54) is 12.5 Å². The zero-order valence-corrected chi connectivity index (χ0v) is 14.3. The van der Waals surface area contributed by atoms with Gasteiger partial charge in [0.25, 0.3) is 5.91 Å². The SMILES string of the molecule is CCc1ccc(C(C)NC(=O)COc2ccc(C(C)=O)cc2)cc1. The molecule has 2 aromatic carbocycles. The molecule has 4 heteroatoms. The second-order valence-corrected chi connectivity index (χ2v) is 5.75. The number of ketones is 1. The maximum atomic E-state index is 12.0. The van der Waals surface area contributed by atoms with E-state index in [-0.39, 0.29) is 24.3 Å². The minimum Gasteiger partial charge on any atom is -0.484 e. The number of nitrogens with one attached hydrogen (secondary N) is 1. The standard InChI is InChI=1S/C20H23NO3/c1-4-16-5-7-17(8-6-16)14(2)21-20(23)13-24-19-11-9-18(10-12-19)15(3)22/h5-12,14H,4,13H2,1-3H3,(H,21,23). The molecule has 0 radical (unpaired) electrons. The number of carbonyl (C=O) groups is 2. The van der Waals surface area contributed by atoms with Gasteiger partial charge < -0.3 is 10.1 Å². The molecule has 126 valence electrons. The van der Waals surface area contributed by atoms with E-state index in [9.17, 15) is 9.59 Å². The highest BCUT2D eigenvalue weighted by molar-refractivity contribution is 5.94. The summed E-state index contributed by atoms with van der Waals surface area (Å²) in [6.07, 6.45) is 0.997. The first-order valence-corrected chi connectivity index (χ1v) is 8.11. The average molecular weight is 325 g/mol. The van der Waals surface area contributed by atoms with Crippen molar-refractivity contribution in [1.82, 2.24) is 5.32 Å². The van der Waals surface area contributed by atoms with Crippen molar-refractivity contribution in [1.29, 1.82) is 0 Å². The summed E-state index contributed by atoms with van der Waals surface area (Å²) in [5.74, 6) is 0.384. The lowest BCUT2D eigenvalue weighted by atomic mass is 10.1. The Balaban J connectivity index is 1.84. The molecule has 0 aliphatic rings. The van der Waals surface area contributed by atoms with Gasteiger partial charge in [0.1, 0.15) is 5.75 Å². The van der Waals surface area contributed by atoms with E-state index in [1.807, 2.05) is 19.1 Å². The van der Waals surface area contributed by atoms with Crippen LogP contribution in [0, 0.1) is 0 Å². The largest absolute Gasteiger partial charge is 0.484 e. The maximum absolute atomic E-state index is 12.0. The summed E-state index contributed by atoms with van der Waals surface area (Å²) in [4.78, 5) is 23.2. The van der Waals surface area contributed by atoms with Crippen LogP contribution < -0.4 is 10.1 Å². The lowest BCUT2D eigenvalue weighted by Crippen LogP contribution is -2.31. The predicted molar refractivity (Wildman–Crippen MR) is 94.3 cm³/mol. The van der Waals surface area contributed by atoms with Crippen LogP contribution in [0.2, 0.25) is 0 Å². The molecule has 0 aliphatic carbocycles. The summed E-state index contributed by atoms with van der Waals surface area (Å²) in [6.45, 7) is 5.51. The summed E-state index contributed by atoms with van der Waals surface area (Å²) in [6, 6.07) is 14.9. The molecule has 2 rings (SSSR count). The Morgan fingerprint density at radius 2 is 1.67 bits per heavy atom. The van der Waals surface area contributed by atoms with E-state index in [0.29, 0.717) is 11.3 Å². The Hall–Kier alpha value is -2.62. The molecule has 0 fully saturated rings. The Kier molecular flexibility index (Phi) is 6.13. The molecule has 0 spiro atoms. The Labute approximate surface area is 142 Å². The van der Waals surface area contributed by atoms with Gasteiger partial charge in [0, 0.05) is 5.56 Å². The Bertz CT molecular complexity index is 690. The van der Waals surface area contributed by atoms with Crippen LogP contribution >= 0.6 is 0 Å².